The predicted molar refractivity (Wildman–Crippen MR) is 145 cm³/mol. The van der Waals surface area contributed by atoms with E-state index in [1.165, 1.54) is 12.7 Å². The van der Waals surface area contributed by atoms with Gasteiger partial charge in [-0.2, -0.15) is 0 Å². The van der Waals surface area contributed by atoms with Gasteiger partial charge in [-0.3, -0.25) is 9.88 Å². The Morgan fingerprint density at radius 1 is 1.02 bits per heavy atom. The Morgan fingerprint density at radius 3 is 2.51 bits per heavy atom. The van der Waals surface area contributed by atoms with Gasteiger partial charge in [-0.15, -0.1) is 0 Å². The monoisotopic (exact) mass is 579 g/mol. The molecule has 6 atom stereocenters. The van der Waals surface area contributed by atoms with E-state index in [-0.39, 0.29) is 18.6 Å². The van der Waals surface area contributed by atoms with Crippen LogP contribution < -0.4 is 15.5 Å². The first-order chi connectivity index (χ1) is 19.9. The van der Waals surface area contributed by atoms with Crippen LogP contribution in [0.15, 0.2) is 73.3 Å². The molecule has 2 aliphatic heterocycles. The molecule has 4 heterocycles. The van der Waals surface area contributed by atoms with E-state index in [2.05, 4.69) is 25.6 Å². The van der Waals surface area contributed by atoms with Crippen molar-refractivity contribution in [2.75, 3.05) is 18.5 Å². The summed E-state index contributed by atoms with van der Waals surface area (Å²) >= 11 is 0. The molecule has 2 aromatic carbocycles. The average Bonchev–Trinajstić information content (AvgIpc) is 3.67. The number of nitrogens with zero attached hydrogens (tertiary/aromatic N) is 4. The lowest BCUT2D eigenvalue weighted by Crippen LogP contribution is -2.32. The van der Waals surface area contributed by atoms with Gasteiger partial charge in [-0.1, -0.05) is 60.7 Å². The third-order valence-corrected chi connectivity index (χ3v) is 8.07. The number of carbonyl (C=O) groups is 1. The van der Waals surface area contributed by atoms with Crippen molar-refractivity contribution in [3.05, 3.63) is 84.4 Å². The third-order valence-electron chi connectivity index (χ3n) is 6.78. The molecule has 13 nitrogen and oxygen atoms in total. The van der Waals surface area contributed by atoms with Gasteiger partial charge in [0.05, 0.1) is 12.9 Å². The number of aromatic nitrogens is 4. The molecule has 6 rings (SSSR count). The van der Waals surface area contributed by atoms with Crippen LogP contribution in [-0.4, -0.2) is 57.0 Å². The summed E-state index contributed by atoms with van der Waals surface area (Å²) in [6, 6.07) is 17.8. The van der Waals surface area contributed by atoms with Gasteiger partial charge in [-0.05, 0) is 12.5 Å². The molecule has 0 radical (unpaired) electrons. The second kappa shape index (κ2) is 11.6. The van der Waals surface area contributed by atoms with Gasteiger partial charge in [-0.25, -0.2) is 19.7 Å². The molecule has 14 heteroatoms. The minimum absolute atomic E-state index is 0.230. The number of urea groups is 1. The maximum atomic E-state index is 12.8. The van der Waals surface area contributed by atoms with Gasteiger partial charge < -0.3 is 33.5 Å². The van der Waals surface area contributed by atoms with Crippen molar-refractivity contribution in [3.8, 4) is 0 Å². The van der Waals surface area contributed by atoms with E-state index in [0.29, 0.717) is 23.3 Å². The van der Waals surface area contributed by atoms with Gasteiger partial charge >= 0.3 is 6.03 Å². The number of hydrogen-bond acceptors (Lipinski definition) is 10. The fourth-order valence-electron chi connectivity index (χ4n) is 4.94. The highest BCUT2D eigenvalue weighted by Gasteiger charge is 2.54. The average molecular weight is 580 g/mol. The van der Waals surface area contributed by atoms with E-state index in [4.69, 9.17) is 18.7 Å². The number of imidazole rings is 1. The zero-order valence-corrected chi connectivity index (χ0v) is 22.9. The van der Waals surface area contributed by atoms with Crippen LogP contribution in [0.4, 0.5) is 10.6 Å². The number of ether oxygens (including phenoxy) is 3. The number of anilines is 1. The summed E-state index contributed by atoms with van der Waals surface area (Å²) in [4.78, 5) is 37.8. The molecule has 2 saturated heterocycles. The number of carbonyl (C=O) groups excluding carboxylic acids is 1. The second-order valence-corrected chi connectivity index (χ2v) is 11.4. The summed E-state index contributed by atoms with van der Waals surface area (Å²) in [5, 5.41) is 5.32. The van der Waals surface area contributed by atoms with Crippen LogP contribution >= 0.6 is 7.60 Å². The lowest BCUT2D eigenvalue weighted by Gasteiger charge is -2.26. The minimum Gasteiger partial charge on any atom is -0.778 e. The van der Waals surface area contributed by atoms with Crippen molar-refractivity contribution in [1.82, 2.24) is 24.8 Å². The maximum absolute atomic E-state index is 12.8. The Labute approximate surface area is 235 Å². The van der Waals surface area contributed by atoms with Gasteiger partial charge in [0.2, 0.25) is 0 Å². The molecule has 2 N–H and O–H groups in total. The largest absolute Gasteiger partial charge is 0.778 e. The first-order valence-electron chi connectivity index (χ1n) is 13.1. The summed E-state index contributed by atoms with van der Waals surface area (Å²) in [5.74, 6) is 0.230. The number of nitrogens with one attached hydrogen (secondary N) is 2. The highest BCUT2D eigenvalue weighted by molar-refractivity contribution is 7.50. The highest BCUT2D eigenvalue weighted by atomic mass is 31.2. The number of amides is 2. The molecule has 0 saturated carbocycles. The van der Waals surface area contributed by atoms with E-state index in [1.807, 2.05) is 36.4 Å². The van der Waals surface area contributed by atoms with E-state index < -0.39 is 44.5 Å². The molecule has 0 spiro atoms. The molecule has 2 aromatic heterocycles. The maximum Gasteiger partial charge on any atom is 0.320 e. The number of benzene rings is 2. The van der Waals surface area contributed by atoms with Crippen LogP contribution in [-0.2, 0) is 29.5 Å². The summed E-state index contributed by atoms with van der Waals surface area (Å²) in [6.45, 7) is 1.98. The Kier molecular flexibility index (Phi) is 7.80. The first-order valence-corrected chi connectivity index (χ1v) is 14.9. The summed E-state index contributed by atoms with van der Waals surface area (Å²) < 4.78 is 38.8. The van der Waals surface area contributed by atoms with Crippen molar-refractivity contribution in [3.63, 3.8) is 0 Å². The fourth-order valence-corrected chi connectivity index (χ4v) is 6.07. The topological polar surface area (TPSA) is 162 Å². The Hall–Kier alpha value is -3.71. The minimum atomic E-state index is -4.23. The van der Waals surface area contributed by atoms with Gasteiger partial charge in [0, 0.05) is 18.3 Å². The van der Waals surface area contributed by atoms with Crippen LogP contribution in [0.25, 0.3) is 11.2 Å². The van der Waals surface area contributed by atoms with Crippen molar-refractivity contribution in [1.29, 1.82) is 0 Å². The standard InChI is InChI=1S/C27H29N6O7P/c1-2-28-27(34)32-23-20-24(30-15-29-23)33(16-31-20)25-22-21(39-26(40-22)18-11-7-4-8-12-18)19(38-25)13-37-41(35,36)14-17-9-5-3-6-10-17/h3-12,15-16,19,21-22,25-26H,2,13-14H2,1H3,(H,35,36)(H2,28,29,30,32,34)/p-1/t19-,21?,22?,25-,26+/m1/s1. The van der Waals surface area contributed by atoms with E-state index >= 15 is 0 Å². The fraction of sp³-hybridized carbons (Fsp3) is 0.333. The normalized spacial score (nSPS) is 25.1. The number of rotatable bonds is 9. The molecule has 4 aromatic rings. The lowest BCUT2D eigenvalue weighted by molar-refractivity contribution is -0.204. The molecule has 41 heavy (non-hydrogen) atoms. The zero-order chi connectivity index (χ0) is 28.4. The van der Waals surface area contributed by atoms with Crippen molar-refractivity contribution < 1.29 is 33.0 Å². The van der Waals surface area contributed by atoms with E-state index in [9.17, 15) is 14.3 Å². The smallest absolute Gasteiger partial charge is 0.320 e. The number of fused-ring (bicyclic) bond motifs is 2. The molecule has 3 unspecified atom stereocenters. The third kappa shape index (κ3) is 5.87. The molecular formula is C27H28N6O7P-. The van der Waals surface area contributed by atoms with Crippen LogP contribution in [0, 0.1) is 0 Å². The number of hydrogen-bond donors (Lipinski definition) is 2. The van der Waals surface area contributed by atoms with Crippen molar-refractivity contribution >= 4 is 30.6 Å². The molecule has 2 fully saturated rings. The summed E-state index contributed by atoms with van der Waals surface area (Å²) in [6.07, 6.45) is -0.945. The van der Waals surface area contributed by atoms with Crippen molar-refractivity contribution in [2.45, 2.75) is 43.9 Å². The van der Waals surface area contributed by atoms with Gasteiger partial charge in [0.15, 0.2) is 29.5 Å². The van der Waals surface area contributed by atoms with Gasteiger partial charge in [0.25, 0.3) is 0 Å². The lowest BCUT2D eigenvalue weighted by atomic mass is 10.1. The Morgan fingerprint density at radius 2 is 1.76 bits per heavy atom. The van der Waals surface area contributed by atoms with Crippen LogP contribution in [0.5, 0.6) is 0 Å². The summed E-state index contributed by atoms with van der Waals surface area (Å²) in [5.41, 5.74) is 2.18. The Balaban J connectivity index is 1.26. The van der Waals surface area contributed by atoms with Crippen LogP contribution in [0.1, 0.15) is 30.6 Å². The van der Waals surface area contributed by atoms with E-state index in [1.54, 1.807) is 35.8 Å². The molecule has 2 aliphatic rings. The molecule has 214 valence electrons. The summed E-state index contributed by atoms with van der Waals surface area (Å²) in [7, 11) is -4.23. The first kappa shape index (κ1) is 27.5. The molecule has 2 amide bonds. The second-order valence-electron chi connectivity index (χ2n) is 9.59. The van der Waals surface area contributed by atoms with Crippen LogP contribution in [0.3, 0.4) is 0 Å². The molecule has 0 aliphatic carbocycles. The van der Waals surface area contributed by atoms with Crippen LogP contribution in [0.2, 0.25) is 0 Å². The SMILES string of the molecule is CCNC(=O)Nc1ncnc2c1ncn2[C@@H]1O[C@H](COP(=O)([O-])Cc2ccccc2)C2O[C@H](c3ccccc3)OC21. The zero-order valence-electron chi connectivity index (χ0n) is 22.0. The molecule has 0 bridgehead atoms. The highest BCUT2D eigenvalue weighted by Crippen LogP contribution is 2.47. The molecular weight excluding hydrogens is 551 g/mol. The van der Waals surface area contributed by atoms with E-state index in [0.717, 1.165) is 5.56 Å². The van der Waals surface area contributed by atoms with Gasteiger partial charge in [0.1, 0.15) is 32.2 Å². The predicted octanol–water partition coefficient (Wildman–Crippen LogP) is 3.12. The quantitative estimate of drug-likeness (QED) is 0.282. The van der Waals surface area contributed by atoms with Crippen molar-refractivity contribution in [2.24, 2.45) is 0 Å². The Bertz CT molecular complexity index is 1560.